The lowest BCUT2D eigenvalue weighted by atomic mass is 10.0. The number of hydrogen-bond acceptors (Lipinski definition) is 7. The maximum Gasteiger partial charge on any atom is 0.410 e. The molecule has 0 radical (unpaired) electrons. The fourth-order valence-corrected chi connectivity index (χ4v) is 5.32. The van der Waals surface area contributed by atoms with Gasteiger partial charge in [-0.25, -0.2) is 23.4 Å². The van der Waals surface area contributed by atoms with Crippen molar-refractivity contribution in [3.05, 3.63) is 53.4 Å². The summed E-state index contributed by atoms with van der Waals surface area (Å²) in [5.74, 6) is -2.27. The third kappa shape index (κ3) is 6.41. The zero-order chi connectivity index (χ0) is 31.1. The van der Waals surface area contributed by atoms with Crippen molar-refractivity contribution in [2.24, 2.45) is 0 Å². The molecule has 3 aromatic rings. The number of morpholine rings is 1. The van der Waals surface area contributed by atoms with Crippen LogP contribution in [0.25, 0.3) is 16.9 Å². The number of pyridine rings is 1. The first-order valence-electron chi connectivity index (χ1n) is 14.0. The van der Waals surface area contributed by atoms with E-state index in [9.17, 15) is 14.4 Å². The molecule has 13 heteroatoms. The van der Waals surface area contributed by atoms with E-state index in [1.54, 1.807) is 31.4 Å². The average molecular weight is 600 g/mol. The summed E-state index contributed by atoms with van der Waals surface area (Å²) in [5, 5.41) is 0. The van der Waals surface area contributed by atoms with E-state index in [1.165, 1.54) is 21.8 Å². The first-order chi connectivity index (χ1) is 20.3. The summed E-state index contributed by atoms with van der Waals surface area (Å²) in [5.41, 5.74) is 1.02. The Morgan fingerprint density at radius 3 is 2.44 bits per heavy atom. The van der Waals surface area contributed by atoms with E-state index >= 15 is 8.78 Å². The molecule has 2 aliphatic heterocycles. The Kier molecular flexibility index (Phi) is 8.28. The number of imidazole rings is 1. The van der Waals surface area contributed by atoms with Crippen molar-refractivity contribution in [1.29, 1.82) is 0 Å². The smallest absolute Gasteiger partial charge is 0.410 e. The number of piperazine rings is 1. The van der Waals surface area contributed by atoms with Crippen LogP contribution in [0.3, 0.4) is 0 Å². The lowest BCUT2D eigenvalue weighted by molar-refractivity contribution is -0.121. The van der Waals surface area contributed by atoms with E-state index < -0.39 is 41.4 Å². The molecule has 0 saturated carbocycles. The second kappa shape index (κ2) is 11.8. The molecule has 0 N–H and O–H groups in total. The van der Waals surface area contributed by atoms with Gasteiger partial charge in [-0.2, -0.15) is 0 Å². The largest absolute Gasteiger partial charge is 0.453 e. The molecule has 2 saturated heterocycles. The zero-order valence-electron chi connectivity index (χ0n) is 24.9. The van der Waals surface area contributed by atoms with Gasteiger partial charge in [0.1, 0.15) is 29.4 Å². The number of fused-ring (bicyclic) bond motifs is 1. The molecule has 43 heavy (non-hydrogen) atoms. The third-order valence-electron chi connectivity index (χ3n) is 7.32. The number of benzene rings is 1. The number of anilines is 1. The number of nitrogens with zero attached hydrogens (tertiary/aromatic N) is 5. The second-order valence-electron chi connectivity index (χ2n) is 11.7. The monoisotopic (exact) mass is 599 g/mol. The van der Waals surface area contributed by atoms with Crippen molar-refractivity contribution >= 4 is 29.4 Å². The van der Waals surface area contributed by atoms with Gasteiger partial charge in [-0.05, 0) is 57.5 Å². The van der Waals surface area contributed by atoms with E-state index in [2.05, 4.69) is 4.98 Å². The van der Waals surface area contributed by atoms with Gasteiger partial charge in [0.15, 0.2) is 0 Å². The number of aromatic nitrogens is 2. The topological polar surface area (TPSA) is 106 Å². The molecule has 2 aliphatic rings. The molecule has 230 valence electrons. The molecular weight excluding hydrogens is 564 g/mol. The van der Waals surface area contributed by atoms with Crippen molar-refractivity contribution < 1.29 is 37.4 Å². The van der Waals surface area contributed by atoms with Crippen LogP contribution in [0.2, 0.25) is 0 Å². The number of carbonyl (C=O) groups excluding carboxylic acids is 3. The Morgan fingerprint density at radius 2 is 1.79 bits per heavy atom. The van der Waals surface area contributed by atoms with Crippen LogP contribution in [0.5, 0.6) is 0 Å². The van der Waals surface area contributed by atoms with Crippen molar-refractivity contribution in [2.75, 3.05) is 51.3 Å². The highest BCUT2D eigenvalue weighted by molar-refractivity contribution is 5.97. The van der Waals surface area contributed by atoms with E-state index in [-0.39, 0.29) is 56.2 Å². The standard InChI is InChI=1S/C30H35F2N5O6/c1-18-6-7-37-23(15-20-16-35(10-11-42-20)28(39)41-5)27(33-24(37)12-18)26-21(31)13-19(14-22(26)32)36-9-8-34(17-25(36)38)29(40)43-30(2,3)4/h6-7,12-14,20H,8-11,15-17H2,1-5H3. The molecule has 0 aliphatic carbocycles. The fourth-order valence-electron chi connectivity index (χ4n) is 5.32. The molecule has 1 atom stereocenters. The number of carbonyl (C=O) groups is 3. The van der Waals surface area contributed by atoms with Crippen LogP contribution >= 0.6 is 0 Å². The molecule has 2 aromatic heterocycles. The van der Waals surface area contributed by atoms with Crippen molar-refractivity contribution in [2.45, 2.75) is 45.8 Å². The van der Waals surface area contributed by atoms with Gasteiger partial charge in [0.2, 0.25) is 5.91 Å². The SMILES string of the molecule is COC(=O)N1CCOC(Cc2c(-c3c(F)cc(N4CCN(C(=O)OC(C)(C)C)CC4=O)cc3F)nc3cc(C)ccn23)C1. The second-order valence-corrected chi connectivity index (χ2v) is 11.7. The molecule has 4 heterocycles. The lowest BCUT2D eigenvalue weighted by Crippen LogP contribution is -2.53. The highest BCUT2D eigenvalue weighted by Gasteiger charge is 2.33. The molecule has 5 rings (SSSR count). The van der Waals surface area contributed by atoms with Crippen LogP contribution in [0.1, 0.15) is 32.0 Å². The molecule has 1 aromatic carbocycles. The maximum absolute atomic E-state index is 15.8. The van der Waals surface area contributed by atoms with Crippen LogP contribution in [0, 0.1) is 18.6 Å². The van der Waals surface area contributed by atoms with E-state index in [1.807, 2.05) is 19.1 Å². The summed E-state index contributed by atoms with van der Waals surface area (Å²) in [6.07, 6.45) is 0.441. The zero-order valence-corrected chi connectivity index (χ0v) is 24.9. The van der Waals surface area contributed by atoms with Crippen molar-refractivity contribution in [3.63, 3.8) is 0 Å². The minimum absolute atomic E-state index is 0.0399. The Bertz CT molecular complexity index is 1550. The van der Waals surface area contributed by atoms with Crippen LogP contribution in [0.4, 0.5) is 24.1 Å². The van der Waals surface area contributed by atoms with Gasteiger partial charge in [-0.15, -0.1) is 0 Å². The molecule has 0 bridgehead atoms. The van der Waals surface area contributed by atoms with Crippen LogP contribution in [-0.4, -0.2) is 95.4 Å². The summed E-state index contributed by atoms with van der Waals surface area (Å²) in [6.45, 7) is 7.89. The van der Waals surface area contributed by atoms with Crippen LogP contribution in [0.15, 0.2) is 30.5 Å². The molecule has 2 fully saturated rings. The fraction of sp³-hybridized carbons (Fsp3) is 0.467. The Morgan fingerprint density at radius 1 is 1.07 bits per heavy atom. The normalized spacial score (nSPS) is 17.9. The molecule has 0 spiro atoms. The summed E-state index contributed by atoms with van der Waals surface area (Å²) in [6, 6.07) is 5.88. The number of hydrogen-bond donors (Lipinski definition) is 0. The van der Waals surface area contributed by atoms with Gasteiger partial charge in [-0.3, -0.25) is 9.69 Å². The van der Waals surface area contributed by atoms with Gasteiger partial charge >= 0.3 is 12.2 Å². The number of methoxy groups -OCH3 is 1. The maximum atomic E-state index is 15.8. The van der Waals surface area contributed by atoms with Gasteiger partial charge in [0, 0.05) is 37.9 Å². The summed E-state index contributed by atoms with van der Waals surface area (Å²) in [7, 11) is 1.31. The lowest BCUT2D eigenvalue weighted by Gasteiger charge is -2.35. The quantitative estimate of drug-likeness (QED) is 0.443. The van der Waals surface area contributed by atoms with Gasteiger partial charge in [0.25, 0.3) is 0 Å². The van der Waals surface area contributed by atoms with Crippen LogP contribution < -0.4 is 4.90 Å². The Labute approximate surface area is 247 Å². The average Bonchev–Trinajstić information content (AvgIpc) is 3.27. The number of rotatable bonds is 4. The van der Waals surface area contributed by atoms with Crippen molar-refractivity contribution in [1.82, 2.24) is 19.2 Å². The first-order valence-corrected chi connectivity index (χ1v) is 14.0. The minimum Gasteiger partial charge on any atom is -0.453 e. The number of aryl methyl sites for hydroxylation is 1. The number of ether oxygens (including phenoxy) is 3. The Hall–Kier alpha value is -4.26. The molecule has 3 amide bonds. The third-order valence-corrected chi connectivity index (χ3v) is 7.32. The summed E-state index contributed by atoms with van der Waals surface area (Å²) in [4.78, 5) is 46.1. The summed E-state index contributed by atoms with van der Waals surface area (Å²) < 4.78 is 49.5. The molecular formula is C30H35F2N5O6. The van der Waals surface area contributed by atoms with E-state index in [0.29, 0.717) is 17.9 Å². The molecule has 11 nitrogen and oxygen atoms in total. The number of halogens is 2. The highest BCUT2D eigenvalue weighted by Crippen LogP contribution is 2.34. The van der Waals surface area contributed by atoms with Gasteiger partial charge < -0.3 is 28.4 Å². The van der Waals surface area contributed by atoms with Crippen LogP contribution in [-0.2, 0) is 25.4 Å². The Balaban J connectivity index is 1.44. The summed E-state index contributed by atoms with van der Waals surface area (Å²) >= 11 is 0. The number of amides is 3. The predicted molar refractivity (Wildman–Crippen MR) is 153 cm³/mol. The molecule has 1 unspecified atom stereocenters. The van der Waals surface area contributed by atoms with Gasteiger partial charge in [-0.1, -0.05) is 0 Å². The van der Waals surface area contributed by atoms with Gasteiger partial charge in [0.05, 0.1) is 43.3 Å². The first kappa shape index (κ1) is 30.2. The minimum atomic E-state index is -0.889. The predicted octanol–water partition coefficient (Wildman–Crippen LogP) is 4.18. The van der Waals surface area contributed by atoms with Crippen molar-refractivity contribution in [3.8, 4) is 11.3 Å². The van der Waals surface area contributed by atoms with E-state index in [0.717, 1.165) is 17.7 Å². The van der Waals surface area contributed by atoms with E-state index in [4.69, 9.17) is 14.2 Å². The highest BCUT2D eigenvalue weighted by atomic mass is 19.1.